The fourth-order valence-corrected chi connectivity index (χ4v) is 6.48. The number of piperazine rings is 1. The number of aromatic amines is 1. The average Bonchev–Trinajstić information content (AvgIpc) is 3.44. The first-order chi connectivity index (χ1) is 18.3. The van der Waals surface area contributed by atoms with Gasteiger partial charge in [-0.2, -0.15) is 0 Å². The molecule has 5 rings (SSSR count). The number of hydrogen-bond donors (Lipinski definition) is 4. The van der Waals surface area contributed by atoms with Crippen LogP contribution in [0.5, 0.6) is 0 Å². The van der Waals surface area contributed by atoms with Gasteiger partial charge in [-0.05, 0) is 87.5 Å². The highest BCUT2D eigenvalue weighted by Gasteiger charge is 2.28. The number of carbonyl (C=O) groups is 2. The molecule has 1 aromatic carbocycles. The van der Waals surface area contributed by atoms with Gasteiger partial charge in [0, 0.05) is 48.8 Å². The molecule has 2 aliphatic heterocycles. The van der Waals surface area contributed by atoms with E-state index in [-0.39, 0.29) is 16.7 Å². The molecule has 0 bridgehead atoms. The fraction of sp³-hybridized carbons (Fsp3) is 0.481. The lowest BCUT2D eigenvalue weighted by molar-refractivity contribution is -0.135. The van der Waals surface area contributed by atoms with E-state index in [0.717, 1.165) is 63.9 Å². The molecule has 1 fully saturated rings. The van der Waals surface area contributed by atoms with Gasteiger partial charge in [-0.3, -0.25) is 14.5 Å². The van der Waals surface area contributed by atoms with E-state index in [1.807, 2.05) is 6.08 Å². The monoisotopic (exact) mass is 541 g/mol. The summed E-state index contributed by atoms with van der Waals surface area (Å²) >= 11 is 0. The number of aliphatic hydroxyl groups is 1. The molecule has 3 aliphatic rings. The number of aryl methyl sites for hydroxylation is 1. The van der Waals surface area contributed by atoms with Crippen LogP contribution >= 0.6 is 0 Å². The smallest absolute Gasteiger partial charge is 0.256 e. The molecule has 0 radical (unpaired) electrons. The normalized spacial score (nSPS) is 18.9. The van der Waals surface area contributed by atoms with Gasteiger partial charge in [-0.1, -0.05) is 0 Å². The van der Waals surface area contributed by atoms with Gasteiger partial charge in [0.25, 0.3) is 5.91 Å². The fourth-order valence-electron chi connectivity index (χ4n) is 5.73. The zero-order chi connectivity index (χ0) is 26.9. The lowest BCUT2D eigenvalue weighted by Crippen LogP contribution is -2.49. The van der Waals surface area contributed by atoms with Crippen molar-refractivity contribution in [2.24, 2.45) is 0 Å². The van der Waals surface area contributed by atoms with Gasteiger partial charge in [0.2, 0.25) is 15.9 Å². The Bertz CT molecular complexity index is 1370. The first-order valence-corrected chi connectivity index (χ1v) is 14.7. The highest BCUT2D eigenvalue weighted by molar-refractivity contribution is 7.89. The minimum Gasteiger partial charge on any atom is -0.387 e. The predicted molar refractivity (Wildman–Crippen MR) is 145 cm³/mol. The molecular formula is C27H35N5O5S. The highest BCUT2D eigenvalue weighted by Crippen LogP contribution is 2.37. The summed E-state index contributed by atoms with van der Waals surface area (Å²) in [6, 6.07) is 4.67. The number of benzene rings is 1. The van der Waals surface area contributed by atoms with E-state index >= 15 is 0 Å². The van der Waals surface area contributed by atoms with Gasteiger partial charge in [0.1, 0.15) is 6.61 Å². The van der Waals surface area contributed by atoms with E-state index in [4.69, 9.17) is 5.11 Å². The number of carbonyl (C=O) groups excluding carboxylic acids is 2. The summed E-state index contributed by atoms with van der Waals surface area (Å²) in [6.07, 6.45) is 7.96. The number of aliphatic hydroxyl groups excluding tert-OH is 1. The average molecular weight is 542 g/mol. The second-order valence-electron chi connectivity index (χ2n) is 10.1. The van der Waals surface area contributed by atoms with Crippen molar-refractivity contribution in [1.82, 2.24) is 19.5 Å². The molecule has 1 aliphatic carbocycles. The Balaban J connectivity index is 1.37. The van der Waals surface area contributed by atoms with Gasteiger partial charge in [-0.25, -0.2) is 13.1 Å². The van der Waals surface area contributed by atoms with Crippen LogP contribution in [-0.2, 0) is 38.9 Å². The van der Waals surface area contributed by atoms with E-state index in [1.165, 1.54) is 29.9 Å². The Kier molecular flexibility index (Phi) is 7.71. The molecule has 1 aromatic heterocycles. The third-order valence-corrected chi connectivity index (χ3v) is 9.26. The molecule has 0 saturated carbocycles. The number of H-pyrrole nitrogens is 1. The maximum absolute atomic E-state index is 12.9. The molecule has 2 aromatic rings. The molecule has 1 saturated heterocycles. The van der Waals surface area contributed by atoms with Crippen LogP contribution in [0.15, 0.2) is 23.1 Å². The summed E-state index contributed by atoms with van der Waals surface area (Å²) < 4.78 is 27.1. The van der Waals surface area contributed by atoms with E-state index < -0.39 is 16.6 Å². The Morgan fingerprint density at radius 2 is 1.92 bits per heavy atom. The number of aromatic nitrogens is 1. The first-order valence-electron chi connectivity index (χ1n) is 13.3. The number of sulfonamides is 1. The summed E-state index contributed by atoms with van der Waals surface area (Å²) in [6.45, 7) is 3.33. The SMILES string of the molecule is CNS(=O)(=O)c1ccc2c(c1)/C(=C\c1[nH]c3c(c1CCCN1CCN(C(=O)CO)CC1)CCCC3)C(=O)N2. The topological polar surface area (TPSA) is 135 Å². The van der Waals surface area contributed by atoms with Crippen molar-refractivity contribution >= 4 is 39.2 Å². The molecule has 0 atom stereocenters. The molecular weight excluding hydrogens is 506 g/mol. The first kappa shape index (κ1) is 26.6. The largest absolute Gasteiger partial charge is 0.387 e. The van der Waals surface area contributed by atoms with Crippen LogP contribution < -0.4 is 10.0 Å². The Labute approximate surface area is 223 Å². The van der Waals surface area contributed by atoms with E-state index in [2.05, 4.69) is 19.9 Å². The quantitative estimate of drug-likeness (QED) is 0.373. The van der Waals surface area contributed by atoms with Gasteiger partial charge in [-0.15, -0.1) is 0 Å². The third kappa shape index (κ3) is 5.28. The number of nitrogens with zero attached hydrogens (tertiary/aromatic N) is 2. The van der Waals surface area contributed by atoms with Crippen molar-refractivity contribution in [3.05, 3.63) is 46.3 Å². The van der Waals surface area contributed by atoms with Crippen LogP contribution in [-0.4, -0.2) is 86.5 Å². The number of fused-ring (bicyclic) bond motifs is 2. The number of hydrogen-bond acceptors (Lipinski definition) is 6. The summed E-state index contributed by atoms with van der Waals surface area (Å²) in [7, 11) is -2.27. The van der Waals surface area contributed by atoms with Crippen molar-refractivity contribution in [3.8, 4) is 0 Å². The Morgan fingerprint density at radius 3 is 2.66 bits per heavy atom. The van der Waals surface area contributed by atoms with Crippen molar-refractivity contribution in [2.45, 2.75) is 43.4 Å². The van der Waals surface area contributed by atoms with Gasteiger partial charge in [0.05, 0.1) is 10.5 Å². The summed E-state index contributed by atoms with van der Waals surface area (Å²) in [5.41, 5.74) is 6.40. The summed E-state index contributed by atoms with van der Waals surface area (Å²) in [4.78, 5) is 32.4. The van der Waals surface area contributed by atoms with Crippen LogP contribution in [0.3, 0.4) is 0 Å². The minimum atomic E-state index is -3.64. The van der Waals surface area contributed by atoms with E-state index in [0.29, 0.717) is 29.9 Å². The van der Waals surface area contributed by atoms with Gasteiger partial charge >= 0.3 is 0 Å². The van der Waals surface area contributed by atoms with Crippen LogP contribution in [0, 0.1) is 0 Å². The maximum Gasteiger partial charge on any atom is 0.256 e. The maximum atomic E-state index is 12.9. The summed E-state index contributed by atoms with van der Waals surface area (Å²) in [5.74, 6) is -0.456. The number of rotatable bonds is 8. The second-order valence-corrected chi connectivity index (χ2v) is 12.0. The van der Waals surface area contributed by atoms with Gasteiger partial charge in [0.15, 0.2) is 0 Å². The van der Waals surface area contributed by atoms with Crippen molar-refractivity contribution in [3.63, 3.8) is 0 Å². The molecule has 11 heteroatoms. The molecule has 3 heterocycles. The zero-order valence-electron chi connectivity index (χ0n) is 21.7. The summed E-state index contributed by atoms with van der Waals surface area (Å²) in [5, 5.41) is 11.9. The van der Waals surface area contributed by atoms with Crippen LogP contribution in [0.2, 0.25) is 0 Å². The molecule has 38 heavy (non-hydrogen) atoms. The van der Waals surface area contributed by atoms with E-state index in [1.54, 1.807) is 17.0 Å². The molecule has 10 nitrogen and oxygen atoms in total. The van der Waals surface area contributed by atoms with Crippen LogP contribution in [0.25, 0.3) is 11.6 Å². The Morgan fingerprint density at radius 1 is 1.16 bits per heavy atom. The highest BCUT2D eigenvalue weighted by atomic mass is 32.2. The number of nitrogens with one attached hydrogen (secondary N) is 3. The van der Waals surface area contributed by atoms with Crippen molar-refractivity contribution in [1.29, 1.82) is 0 Å². The standard InChI is InChI=1S/C27H35N5O5S/c1-28-38(36,37)18-8-9-24-21(15-18)22(27(35)30-24)16-25-20(19-5-2-3-7-23(19)29-25)6-4-10-31-11-13-32(14-12-31)26(34)17-33/h8-9,15-16,28-29,33H,2-7,10-14,17H2,1H3,(H,30,35)/b22-16+. The third-order valence-electron chi connectivity index (χ3n) is 7.85. The molecule has 0 unspecified atom stereocenters. The lowest BCUT2D eigenvalue weighted by atomic mass is 9.92. The molecule has 0 spiro atoms. The van der Waals surface area contributed by atoms with Crippen molar-refractivity contribution in [2.75, 3.05) is 51.7 Å². The van der Waals surface area contributed by atoms with Crippen LogP contribution in [0.1, 0.15) is 47.3 Å². The van der Waals surface area contributed by atoms with E-state index in [9.17, 15) is 18.0 Å². The molecule has 204 valence electrons. The predicted octanol–water partition coefficient (Wildman–Crippen LogP) is 1.36. The molecule has 4 N–H and O–H groups in total. The lowest BCUT2D eigenvalue weighted by Gasteiger charge is -2.34. The van der Waals surface area contributed by atoms with Crippen molar-refractivity contribution < 1.29 is 23.1 Å². The zero-order valence-corrected chi connectivity index (χ0v) is 22.5. The second kappa shape index (κ2) is 11.0. The van der Waals surface area contributed by atoms with Crippen LogP contribution in [0.4, 0.5) is 5.69 Å². The molecule has 2 amide bonds. The Hall–Kier alpha value is -2.99. The minimum absolute atomic E-state index is 0.118. The number of anilines is 1. The van der Waals surface area contributed by atoms with Gasteiger partial charge < -0.3 is 20.3 Å². The number of amides is 2.